The van der Waals surface area contributed by atoms with E-state index in [1.54, 1.807) is 20.3 Å². The Hall–Kier alpha value is -1.29. The highest BCUT2D eigenvalue weighted by molar-refractivity contribution is 5.48. The van der Waals surface area contributed by atoms with Crippen molar-refractivity contribution in [3.8, 4) is 11.5 Å². The number of rotatable bonds is 5. The van der Waals surface area contributed by atoms with Gasteiger partial charge in [0.25, 0.3) is 0 Å². The molecular weight excluding hydrogens is 245 g/mol. The molecule has 1 saturated heterocycles. The van der Waals surface area contributed by atoms with Crippen LogP contribution < -0.4 is 14.8 Å². The third kappa shape index (κ3) is 3.18. The van der Waals surface area contributed by atoms with Crippen molar-refractivity contribution in [2.45, 2.75) is 38.4 Å². The highest BCUT2D eigenvalue weighted by Crippen LogP contribution is 2.35. The van der Waals surface area contributed by atoms with Gasteiger partial charge < -0.3 is 14.8 Å². The number of halogens is 1. The summed E-state index contributed by atoms with van der Waals surface area (Å²) < 4.78 is 24.3. The van der Waals surface area contributed by atoms with Gasteiger partial charge in [0.2, 0.25) is 0 Å². The standard InChI is InChI=1S/C15H22FNO2/c1-10(16)13-8-11(7-12-5-4-6-17-12)14(18-2)9-15(13)19-3/h8-10,12,17H,4-7H2,1-3H3. The maximum Gasteiger partial charge on any atom is 0.128 e. The lowest BCUT2D eigenvalue weighted by Crippen LogP contribution is -2.24. The quantitative estimate of drug-likeness (QED) is 0.889. The van der Waals surface area contributed by atoms with Crippen molar-refractivity contribution in [3.63, 3.8) is 0 Å². The Bertz CT molecular complexity index is 428. The fourth-order valence-corrected chi connectivity index (χ4v) is 2.66. The number of alkyl halides is 1. The first kappa shape index (κ1) is 14.1. The van der Waals surface area contributed by atoms with Gasteiger partial charge in [0.15, 0.2) is 0 Å². The van der Waals surface area contributed by atoms with E-state index in [0.717, 1.165) is 30.7 Å². The molecule has 1 aliphatic heterocycles. The maximum absolute atomic E-state index is 13.7. The fourth-order valence-electron chi connectivity index (χ4n) is 2.66. The molecule has 0 radical (unpaired) electrons. The van der Waals surface area contributed by atoms with Gasteiger partial charge in [0, 0.05) is 17.7 Å². The molecule has 0 aliphatic carbocycles. The average Bonchev–Trinajstić information content (AvgIpc) is 2.91. The molecule has 1 aromatic carbocycles. The summed E-state index contributed by atoms with van der Waals surface area (Å²) in [6, 6.07) is 4.13. The third-order valence-electron chi connectivity index (χ3n) is 3.69. The van der Waals surface area contributed by atoms with E-state index in [1.165, 1.54) is 13.3 Å². The summed E-state index contributed by atoms with van der Waals surface area (Å²) in [4.78, 5) is 0. The monoisotopic (exact) mass is 267 g/mol. The molecule has 2 atom stereocenters. The molecule has 2 unspecified atom stereocenters. The minimum atomic E-state index is -1.05. The van der Waals surface area contributed by atoms with Crippen molar-refractivity contribution in [1.82, 2.24) is 5.32 Å². The molecule has 1 heterocycles. The zero-order chi connectivity index (χ0) is 13.8. The van der Waals surface area contributed by atoms with Gasteiger partial charge in [-0.1, -0.05) is 0 Å². The van der Waals surface area contributed by atoms with Crippen molar-refractivity contribution >= 4 is 0 Å². The predicted octanol–water partition coefficient (Wildman–Crippen LogP) is 3.03. The largest absolute Gasteiger partial charge is 0.496 e. The molecule has 3 nitrogen and oxygen atoms in total. The van der Waals surface area contributed by atoms with Crippen LogP contribution in [0.5, 0.6) is 11.5 Å². The normalized spacial score (nSPS) is 20.3. The summed E-state index contributed by atoms with van der Waals surface area (Å²) in [7, 11) is 3.19. The number of hydrogen-bond acceptors (Lipinski definition) is 3. The summed E-state index contributed by atoms with van der Waals surface area (Å²) in [6.07, 6.45) is 2.19. The van der Waals surface area contributed by atoms with Gasteiger partial charge in [-0.15, -0.1) is 0 Å². The van der Waals surface area contributed by atoms with E-state index in [1.807, 2.05) is 6.07 Å². The van der Waals surface area contributed by atoms with Gasteiger partial charge in [-0.25, -0.2) is 4.39 Å². The zero-order valence-electron chi connectivity index (χ0n) is 11.8. The van der Waals surface area contributed by atoms with Gasteiger partial charge in [0.1, 0.15) is 17.7 Å². The van der Waals surface area contributed by atoms with E-state index in [-0.39, 0.29) is 0 Å². The van der Waals surface area contributed by atoms with Crippen LogP contribution in [0.4, 0.5) is 4.39 Å². The Labute approximate surface area is 114 Å². The van der Waals surface area contributed by atoms with E-state index in [9.17, 15) is 4.39 Å². The number of benzene rings is 1. The zero-order valence-corrected chi connectivity index (χ0v) is 11.8. The van der Waals surface area contributed by atoms with Gasteiger partial charge in [-0.05, 0) is 44.4 Å². The van der Waals surface area contributed by atoms with Gasteiger partial charge in [0.05, 0.1) is 14.2 Å². The highest BCUT2D eigenvalue weighted by atomic mass is 19.1. The number of methoxy groups -OCH3 is 2. The number of ether oxygens (including phenoxy) is 2. The molecule has 0 amide bonds. The Balaban J connectivity index is 2.31. The van der Waals surface area contributed by atoms with Gasteiger partial charge >= 0.3 is 0 Å². The van der Waals surface area contributed by atoms with E-state index in [4.69, 9.17) is 9.47 Å². The molecule has 0 spiro atoms. The maximum atomic E-state index is 13.7. The Morgan fingerprint density at radius 1 is 1.32 bits per heavy atom. The van der Waals surface area contributed by atoms with Crippen LogP contribution in [0.25, 0.3) is 0 Å². The smallest absolute Gasteiger partial charge is 0.128 e. The third-order valence-corrected chi connectivity index (χ3v) is 3.69. The molecule has 1 aromatic rings. The van der Waals surface area contributed by atoms with E-state index in [2.05, 4.69) is 5.32 Å². The van der Waals surface area contributed by atoms with Crippen LogP contribution in [0.2, 0.25) is 0 Å². The summed E-state index contributed by atoms with van der Waals surface area (Å²) >= 11 is 0. The summed E-state index contributed by atoms with van der Waals surface area (Å²) in [5.74, 6) is 1.32. The van der Waals surface area contributed by atoms with E-state index < -0.39 is 6.17 Å². The molecule has 106 valence electrons. The minimum absolute atomic E-state index is 0.463. The molecule has 0 saturated carbocycles. The van der Waals surface area contributed by atoms with Crippen LogP contribution in [0, 0.1) is 0 Å². The lowest BCUT2D eigenvalue weighted by atomic mass is 9.99. The first-order valence-corrected chi connectivity index (χ1v) is 6.78. The second kappa shape index (κ2) is 6.24. The van der Waals surface area contributed by atoms with Crippen LogP contribution in [-0.2, 0) is 6.42 Å². The first-order chi connectivity index (χ1) is 9.15. The molecule has 2 rings (SSSR count). The predicted molar refractivity (Wildman–Crippen MR) is 73.8 cm³/mol. The fraction of sp³-hybridized carbons (Fsp3) is 0.600. The van der Waals surface area contributed by atoms with E-state index in [0.29, 0.717) is 17.4 Å². The molecule has 1 aliphatic rings. The molecule has 1 N–H and O–H groups in total. The van der Waals surface area contributed by atoms with Crippen molar-refractivity contribution in [2.75, 3.05) is 20.8 Å². The Morgan fingerprint density at radius 2 is 2.05 bits per heavy atom. The van der Waals surface area contributed by atoms with Crippen molar-refractivity contribution in [2.24, 2.45) is 0 Å². The molecule has 4 heteroatoms. The van der Waals surface area contributed by atoms with Crippen LogP contribution in [0.1, 0.15) is 37.1 Å². The second-order valence-corrected chi connectivity index (χ2v) is 5.02. The van der Waals surface area contributed by atoms with Crippen LogP contribution in [0.3, 0.4) is 0 Å². The molecule has 0 bridgehead atoms. The second-order valence-electron chi connectivity index (χ2n) is 5.02. The molecular formula is C15H22FNO2. The van der Waals surface area contributed by atoms with Crippen molar-refractivity contribution in [3.05, 3.63) is 23.3 Å². The van der Waals surface area contributed by atoms with Crippen LogP contribution in [0.15, 0.2) is 12.1 Å². The van der Waals surface area contributed by atoms with Crippen molar-refractivity contribution < 1.29 is 13.9 Å². The lowest BCUT2D eigenvalue weighted by molar-refractivity contribution is 0.341. The topological polar surface area (TPSA) is 30.5 Å². The van der Waals surface area contributed by atoms with Crippen molar-refractivity contribution in [1.29, 1.82) is 0 Å². The first-order valence-electron chi connectivity index (χ1n) is 6.78. The molecule has 19 heavy (non-hydrogen) atoms. The average molecular weight is 267 g/mol. The van der Waals surface area contributed by atoms with Crippen LogP contribution in [-0.4, -0.2) is 26.8 Å². The lowest BCUT2D eigenvalue weighted by Gasteiger charge is -2.18. The summed E-state index contributed by atoms with van der Waals surface area (Å²) in [5, 5.41) is 3.45. The Morgan fingerprint density at radius 3 is 2.58 bits per heavy atom. The SMILES string of the molecule is COc1cc(OC)c(C(C)F)cc1CC1CCCN1. The minimum Gasteiger partial charge on any atom is -0.496 e. The molecule has 0 aromatic heterocycles. The number of hydrogen-bond donors (Lipinski definition) is 1. The summed E-state index contributed by atoms with van der Waals surface area (Å²) in [6.45, 7) is 2.59. The van der Waals surface area contributed by atoms with Crippen LogP contribution >= 0.6 is 0 Å². The van der Waals surface area contributed by atoms with E-state index >= 15 is 0 Å². The van der Waals surface area contributed by atoms with Gasteiger partial charge in [-0.2, -0.15) is 0 Å². The Kier molecular flexibility index (Phi) is 4.64. The molecule has 1 fully saturated rings. The number of nitrogens with one attached hydrogen (secondary N) is 1. The summed E-state index contributed by atoms with van der Waals surface area (Å²) in [5.41, 5.74) is 1.64. The van der Waals surface area contributed by atoms with Gasteiger partial charge in [-0.3, -0.25) is 0 Å². The highest BCUT2D eigenvalue weighted by Gasteiger charge is 2.20.